The van der Waals surface area contributed by atoms with Crippen LogP contribution in [0.3, 0.4) is 0 Å². The van der Waals surface area contributed by atoms with Crippen LogP contribution in [0.5, 0.6) is 5.75 Å². The van der Waals surface area contributed by atoms with Crippen LogP contribution in [-0.4, -0.2) is 43.5 Å². The summed E-state index contributed by atoms with van der Waals surface area (Å²) in [7, 11) is -3.31. The number of nitrogens with zero attached hydrogens (tertiary/aromatic N) is 1. The Morgan fingerprint density at radius 3 is 2.85 bits per heavy atom. The number of ether oxygens (including phenoxy) is 2. The van der Waals surface area contributed by atoms with Crippen LogP contribution in [0.25, 0.3) is 33.1 Å². The largest absolute Gasteiger partial charge is 0.489 e. The molecule has 0 amide bonds. The highest BCUT2D eigenvalue weighted by molar-refractivity contribution is 7.91. The Kier molecular flexibility index (Phi) is 5.85. The molecule has 0 bridgehead atoms. The Hall–Kier alpha value is -2.90. The maximum atomic E-state index is 12.5. The van der Waals surface area contributed by atoms with E-state index < -0.39 is 9.84 Å². The summed E-state index contributed by atoms with van der Waals surface area (Å²) in [5.74, 6) is 0.814. The quantitative estimate of drug-likeness (QED) is 0.411. The van der Waals surface area contributed by atoms with Crippen molar-refractivity contribution in [1.82, 2.24) is 9.97 Å². The number of benzene rings is 2. The molecule has 1 unspecified atom stereocenters. The van der Waals surface area contributed by atoms with Gasteiger partial charge in [0.25, 0.3) is 0 Å². The highest BCUT2D eigenvalue weighted by Crippen LogP contribution is 2.39. The normalized spacial score (nSPS) is 17.0. The monoisotopic (exact) mass is 464 g/mol. The summed E-state index contributed by atoms with van der Waals surface area (Å²) >= 11 is 0. The van der Waals surface area contributed by atoms with Gasteiger partial charge < -0.3 is 14.5 Å². The van der Waals surface area contributed by atoms with Crippen molar-refractivity contribution < 1.29 is 17.9 Å². The van der Waals surface area contributed by atoms with Gasteiger partial charge in [0, 0.05) is 23.6 Å². The van der Waals surface area contributed by atoms with Gasteiger partial charge in [0.1, 0.15) is 18.0 Å². The molecule has 1 atom stereocenters. The molecule has 1 N–H and O–H groups in total. The number of H-pyrrole nitrogens is 1. The predicted molar refractivity (Wildman–Crippen MR) is 131 cm³/mol. The van der Waals surface area contributed by atoms with Gasteiger partial charge in [0.05, 0.1) is 22.3 Å². The van der Waals surface area contributed by atoms with Crippen molar-refractivity contribution in [3.05, 3.63) is 54.2 Å². The predicted octanol–water partition coefficient (Wildman–Crippen LogP) is 5.43. The Bertz CT molecular complexity index is 1420. The van der Waals surface area contributed by atoms with E-state index in [1.54, 1.807) is 25.1 Å². The molecule has 1 fully saturated rings. The molecule has 172 valence electrons. The highest BCUT2D eigenvalue weighted by atomic mass is 32.2. The summed E-state index contributed by atoms with van der Waals surface area (Å²) in [6.07, 6.45) is 5.22. The van der Waals surface area contributed by atoms with E-state index in [0.29, 0.717) is 11.5 Å². The fourth-order valence-electron chi connectivity index (χ4n) is 4.47. The molecular weight excluding hydrogens is 436 g/mol. The third-order valence-electron chi connectivity index (χ3n) is 6.29. The van der Waals surface area contributed by atoms with Gasteiger partial charge >= 0.3 is 0 Å². The van der Waals surface area contributed by atoms with Crippen LogP contribution in [0, 0.1) is 6.92 Å². The minimum atomic E-state index is -3.31. The van der Waals surface area contributed by atoms with Gasteiger partial charge in [-0.3, -0.25) is 0 Å². The van der Waals surface area contributed by atoms with Crippen molar-refractivity contribution in [2.24, 2.45) is 0 Å². The van der Waals surface area contributed by atoms with Gasteiger partial charge in [-0.1, -0.05) is 19.1 Å². The standard InChI is InChI=1S/C26H28N2O4S/c1-3-33(29,30)20-9-6-7-18(14-20)21-10-11-23(32-16-19-8-4-5-12-31-19)25-24(21)22-13-17(2)15-27-26(22)28-25/h6-7,9-11,13-15,19H,3-5,8,12,16H2,1-2H3,(H,27,28). The molecule has 33 heavy (non-hydrogen) atoms. The SMILES string of the molecule is CCS(=O)(=O)c1cccc(-c2ccc(OCC3CCCCO3)c3[nH]c4ncc(C)cc4c23)c1. The molecule has 2 aromatic heterocycles. The lowest BCUT2D eigenvalue weighted by atomic mass is 9.99. The smallest absolute Gasteiger partial charge is 0.178 e. The van der Waals surface area contributed by atoms with E-state index in [4.69, 9.17) is 9.47 Å². The number of hydrogen-bond donors (Lipinski definition) is 1. The summed E-state index contributed by atoms with van der Waals surface area (Å²) in [6, 6.07) is 13.2. The second-order valence-corrected chi connectivity index (χ2v) is 10.9. The number of pyridine rings is 1. The van der Waals surface area contributed by atoms with Crippen molar-refractivity contribution in [3.63, 3.8) is 0 Å². The first-order valence-corrected chi connectivity index (χ1v) is 13.1. The molecule has 3 heterocycles. The van der Waals surface area contributed by atoms with Crippen molar-refractivity contribution in [2.45, 2.75) is 44.1 Å². The first-order valence-electron chi connectivity index (χ1n) is 11.4. The number of aromatic amines is 1. The molecule has 0 saturated carbocycles. The third kappa shape index (κ3) is 4.23. The number of hydrogen-bond acceptors (Lipinski definition) is 5. The van der Waals surface area contributed by atoms with Crippen LogP contribution in [0.2, 0.25) is 0 Å². The Balaban J connectivity index is 1.65. The van der Waals surface area contributed by atoms with E-state index in [0.717, 1.165) is 70.2 Å². The lowest BCUT2D eigenvalue weighted by molar-refractivity contribution is -0.0108. The lowest BCUT2D eigenvalue weighted by Crippen LogP contribution is -2.25. The number of aryl methyl sites for hydroxylation is 1. The van der Waals surface area contributed by atoms with Crippen molar-refractivity contribution >= 4 is 31.8 Å². The minimum absolute atomic E-state index is 0.0675. The average Bonchev–Trinajstić information content (AvgIpc) is 3.22. The van der Waals surface area contributed by atoms with Gasteiger partial charge in [-0.05, 0) is 73.2 Å². The van der Waals surface area contributed by atoms with E-state index in [9.17, 15) is 8.42 Å². The zero-order valence-corrected chi connectivity index (χ0v) is 19.7. The molecular formula is C26H28N2O4S. The van der Waals surface area contributed by atoms with Crippen molar-refractivity contribution in [2.75, 3.05) is 19.0 Å². The van der Waals surface area contributed by atoms with Crippen LogP contribution in [0.4, 0.5) is 0 Å². The molecule has 1 aliphatic heterocycles. The van der Waals surface area contributed by atoms with Crippen LogP contribution in [-0.2, 0) is 14.6 Å². The number of aromatic nitrogens is 2. The molecule has 1 saturated heterocycles. The van der Waals surface area contributed by atoms with Crippen molar-refractivity contribution in [3.8, 4) is 16.9 Å². The average molecular weight is 465 g/mol. The van der Waals surface area contributed by atoms with Crippen LogP contribution >= 0.6 is 0 Å². The van der Waals surface area contributed by atoms with Crippen LogP contribution < -0.4 is 4.74 Å². The molecule has 1 aliphatic rings. The van der Waals surface area contributed by atoms with E-state index >= 15 is 0 Å². The lowest BCUT2D eigenvalue weighted by Gasteiger charge is -2.22. The number of fused-ring (bicyclic) bond motifs is 3. The molecule has 4 aromatic rings. The second kappa shape index (κ2) is 8.80. The van der Waals surface area contributed by atoms with E-state index in [2.05, 4.69) is 16.0 Å². The molecule has 6 nitrogen and oxygen atoms in total. The van der Waals surface area contributed by atoms with Crippen LogP contribution in [0.15, 0.2) is 53.6 Å². The number of rotatable bonds is 6. The third-order valence-corrected chi connectivity index (χ3v) is 8.02. The van der Waals surface area contributed by atoms with Gasteiger partial charge in [-0.2, -0.15) is 0 Å². The fourth-order valence-corrected chi connectivity index (χ4v) is 5.40. The summed E-state index contributed by atoms with van der Waals surface area (Å²) in [6.45, 7) is 4.96. The van der Waals surface area contributed by atoms with Crippen LogP contribution in [0.1, 0.15) is 31.7 Å². The van der Waals surface area contributed by atoms with Gasteiger partial charge in [0.15, 0.2) is 9.84 Å². The number of nitrogens with one attached hydrogen (secondary N) is 1. The van der Waals surface area contributed by atoms with Gasteiger partial charge in [-0.25, -0.2) is 13.4 Å². The van der Waals surface area contributed by atoms with Gasteiger partial charge in [-0.15, -0.1) is 0 Å². The molecule has 0 radical (unpaired) electrons. The molecule has 0 spiro atoms. The molecule has 5 rings (SSSR count). The summed E-state index contributed by atoms with van der Waals surface area (Å²) in [5, 5.41) is 1.97. The second-order valence-electron chi connectivity index (χ2n) is 8.63. The summed E-state index contributed by atoms with van der Waals surface area (Å²) < 4.78 is 37.0. The maximum absolute atomic E-state index is 12.5. The highest BCUT2D eigenvalue weighted by Gasteiger charge is 2.20. The summed E-state index contributed by atoms with van der Waals surface area (Å²) in [5.41, 5.74) is 4.48. The number of sulfone groups is 1. The van der Waals surface area contributed by atoms with Gasteiger partial charge in [0.2, 0.25) is 0 Å². The summed E-state index contributed by atoms with van der Waals surface area (Å²) in [4.78, 5) is 8.35. The Labute approximate surface area is 193 Å². The topological polar surface area (TPSA) is 81.3 Å². The zero-order chi connectivity index (χ0) is 23.0. The fraction of sp³-hybridized carbons (Fsp3) is 0.346. The first kappa shape index (κ1) is 21.9. The Morgan fingerprint density at radius 1 is 1.18 bits per heavy atom. The zero-order valence-electron chi connectivity index (χ0n) is 18.9. The van der Waals surface area contributed by atoms with Crippen molar-refractivity contribution in [1.29, 1.82) is 0 Å². The minimum Gasteiger partial charge on any atom is -0.489 e. The van der Waals surface area contributed by atoms with E-state index in [1.807, 2.05) is 31.3 Å². The first-order chi connectivity index (χ1) is 16.0. The Morgan fingerprint density at radius 2 is 2.06 bits per heavy atom. The van der Waals surface area contributed by atoms with E-state index in [1.165, 1.54) is 0 Å². The molecule has 7 heteroatoms. The molecule has 2 aromatic carbocycles. The maximum Gasteiger partial charge on any atom is 0.178 e. The van der Waals surface area contributed by atoms with E-state index in [-0.39, 0.29) is 11.9 Å². The molecule has 0 aliphatic carbocycles.